The molecule has 0 bridgehead atoms. The molecule has 0 heterocycles. The maximum absolute atomic E-state index is 3.56. The van der Waals surface area contributed by atoms with Gasteiger partial charge in [-0.05, 0) is 12.8 Å². The molecular weight excluding hydrogens is 519 g/mol. The molecule has 0 saturated heterocycles. The second-order valence-electron chi connectivity index (χ2n) is 5.38. The normalized spacial score (nSPS) is 9.21. The van der Waals surface area contributed by atoms with Gasteiger partial charge < -0.3 is 0 Å². The molecule has 0 fully saturated rings. The second kappa shape index (κ2) is 13.2. The monoisotopic (exact) mass is 536 g/mol. The van der Waals surface area contributed by atoms with Crippen LogP contribution in [-0.2, 0) is 111 Å². The zero-order valence-corrected chi connectivity index (χ0v) is 22.4. The number of aryl methyl sites for hydroxylation is 1. The predicted octanol–water partition coefficient (Wildman–Crippen LogP) is 4.57. The third-order valence-electron chi connectivity index (χ3n) is 3.49. The molecule has 0 atom stereocenters. The summed E-state index contributed by atoms with van der Waals surface area (Å²) in [7, 11) is 0. The molecule has 113 valence electrons. The van der Waals surface area contributed by atoms with E-state index in [0.717, 1.165) is 12.8 Å². The molecule has 24 heavy (non-hydrogen) atoms. The summed E-state index contributed by atoms with van der Waals surface area (Å²) in [5.41, 5.74) is 6.40. The fourth-order valence-corrected chi connectivity index (χ4v) is 2.58. The van der Waals surface area contributed by atoms with E-state index in [2.05, 4.69) is 61.5 Å². The van der Waals surface area contributed by atoms with Crippen LogP contribution in [0.3, 0.4) is 0 Å². The zero-order chi connectivity index (χ0) is 14.5. The van der Waals surface area contributed by atoms with Gasteiger partial charge in [0, 0.05) is 98.1 Å². The van der Waals surface area contributed by atoms with Crippen molar-refractivity contribution in [3.63, 3.8) is 0 Å². The summed E-state index contributed by atoms with van der Waals surface area (Å²) in [5.74, 6) is 0. The summed E-state index contributed by atoms with van der Waals surface area (Å²) in [6.07, 6.45) is 1.85. The Morgan fingerprint density at radius 3 is 1.42 bits per heavy atom. The summed E-state index contributed by atoms with van der Waals surface area (Å²) < 4.78 is 0. The van der Waals surface area contributed by atoms with Crippen LogP contribution in [-0.4, -0.2) is 0 Å². The second-order valence-corrected chi connectivity index (χ2v) is 5.38. The predicted molar refractivity (Wildman–Crippen MR) is 86.2 cm³/mol. The Morgan fingerprint density at radius 1 is 0.667 bits per heavy atom. The fourth-order valence-electron chi connectivity index (χ4n) is 2.58. The molecule has 3 radical (unpaired) electrons. The van der Waals surface area contributed by atoms with Gasteiger partial charge in [0.15, 0.2) is 0 Å². The third-order valence-corrected chi connectivity index (χ3v) is 3.49. The van der Waals surface area contributed by atoms with Gasteiger partial charge in [0.05, 0.1) is 0 Å². The van der Waals surface area contributed by atoms with E-state index in [1.807, 2.05) is 24.3 Å². The third kappa shape index (κ3) is 8.11. The average molecular weight is 536 g/mol. The summed E-state index contributed by atoms with van der Waals surface area (Å²) in [5, 5.41) is 0. The van der Waals surface area contributed by atoms with Gasteiger partial charge in [-0.3, -0.25) is 0 Å². The summed E-state index contributed by atoms with van der Waals surface area (Å²) >= 11 is 0. The zero-order valence-electron chi connectivity index (χ0n) is 13.9. The molecule has 0 spiro atoms. The molecule has 3 rings (SSSR count). The molecule has 3 aromatic rings. The molecule has 0 amide bonds. The van der Waals surface area contributed by atoms with E-state index in [-0.39, 0.29) is 98.1 Å². The SMILES string of the molecule is Cc1cc(Cc2cc[c-]cc2)[c-]c(Cc2cc[c-]cc2)c1.[Y].[Y].[Y]. The van der Waals surface area contributed by atoms with Crippen LogP contribution in [0.5, 0.6) is 0 Å². The van der Waals surface area contributed by atoms with Crippen molar-refractivity contribution in [3.05, 3.63) is 107 Å². The van der Waals surface area contributed by atoms with Crippen molar-refractivity contribution in [2.24, 2.45) is 0 Å². The van der Waals surface area contributed by atoms with Crippen molar-refractivity contribution in [1.29, 1.82) is 0 Å². The van der Waals surface area contributed by atoms with Gasteiger partial charge in [0.25, 0.3) is 0 Å². The van der Waals surface area contributed by atoms with E-state index in [4.69, 9.17) is 0 Å². The Labute approximate surface area is 221 Å². The van der Waals surface area contributed by atoms with E-state index in [0.29, 0.717) is 0 Å². The molecule has 0 nitrogen and oxygen atoms in total. The van der Waals surface area contributed by atoms with Crippen molar-refractivity contribution < 1.29 is 98.1 Å². The Balaban J connectivity index is 0.00000176. The topological polar surface area (TPSA) is 0 Å². The van der Waals surface area contributed by atoms with E-state index in [9.17, 15) is 0 Å². The van der Waals surface area contributed by atoms with Gasteiger partial charge in [-0.25, -0.2) is 0 Å². The Hall–Kier alpha value is 0.972. The van der Waals surface area contributed by atoms with Crippen LogP contribution in [0, 0.1) is 25.1 Å². The Kier molecular flexibility index (Phi) is 13.7. The minimum absolute atomic E-state index is 0. The van der Waals surface area contributed by atoms with Crippen LogP contribution in [0.25, 0.3) is 0 Å². The minimum Gasteiger partial charge on any atom is -0.184 e. The van der Waals surface area contributed by atoms with Crippen LogP contribution in [0.1, 0.15) is 27.8 Å². The van der Waals surface area contributed by atoms with Crippen molar-refractivity contribution in [1.82, 2.24) is 0 Å². The Bertz CT molecular complexity index is 650. The largest absolute Gasteiger partial charge is 0.184 e. The first-order valence-corrected chi connectivity index (χ1v) is 7.21. The van der Waals surface area contributed by atoms with Crippen LogP contribution in [0.2, 0.25) is 0 Å². The molecule has 0 aliphatic rings. The smallest absolute Gasteiger partial charge is 0 e. The van der Waals surface area contributed by atoms with Gasteiger partial charge in [-0.2, -0.15) is 107 Å². The van der Waals surface area contributed by atoms with E-state index in [1.54, 1.807) is 0 Å². The molecule has 0 aromatic heterocycles. The summed E-state index contributed by atoms with van der Waals surface area (Å²) in [6.45, 7) is 2.15. The fraction of sp³-hybridized carbons (Fsp3) is 0.143. The first kappa shape index (κ1) is 25.0. The quantitative estimate of drug-likeness (QED) is 0.429. The molecule has 0 unspecified atom stereocenters. The van der Waals surface area contributed by atoms with Crippen LogP contribution in [0.15, 0.2) is 60.7 Å². The van der Waals surface area contributed by atoms with Crippen molar-refractivity contribution in [3.8, 4) is 0 Å². The molecule has 0 saturated carbocycles. The van der Waals surface area contributed by atoms with Gasteiger partial charge in [0.1, 0.15) is 0 Å². The average Bonchev–Trinajstić information content (AvgIpc) is 2.48. The molecule has 0 N–H and O–H groups in total. The van der Waals surface area contributed by atoms with Crippen molar-refractivity contribution in [2.45, 2.75) is 19.8 Å². The van der Waals surface area contributed by atoms with Crippen LogP contribution in [0.4, 0.5) is 0 Å². The van der Waals surface area contributed by atoms with Crippen LogP contribution >= 0.6 is 0 Å². The first-order chi connectivity index (χ1) is 10.3. The molecule has 0 aliphatic carbocycles. The number of hydrogen-bond donors (Lipinski definition) is 0. The maximum Gasteiger partial charge on any atom is 0 e. The standard InChI is InChI=1S/C21H17.3Y/c1-17-12-20(14-18-8-4-2-5-9-18)16-21(13-17)15-19-10-6-3-7-11-19;;;/h4-13H,14-15H2,1H3;;;/q-3;;;. The van der Waals surface area contributed by atoms with E-state index >= 15 is 0 Å². The molecular formula is C21H17Y3-3. The van der Waals surface area contributed by atoms with Gasteiger partial charge >= 0.3 is 0 Å². The van der Waals surface area contributed by atoms with Crippen molar-refractivity contribution in [2.75, 3.05) is 0 Å². The van der Waals surface area contributed by atoms with Crippen LogP contribution < -0.4 is 0 Å². The minimum atomic E-state index is 0. The Morgan fingerprint density at radius 2 is 1.04 bits per heavy atom. The number of rotatable bonds is 4. The summed E-state index contributed by atoms with van der Waals surface area (Å²) in [6, 6.07) is 30.4. The van der Waals surface area contributed by atoms with E-state index in [1.165, 1.54) is 27.8 Å². The van der Waals surface area contributed by atoms with Gasteiger partial charge in [-0.15, -0.1) is 0 Å². The van der Waals surface area contributed by atoms with Gasteiger partial charge in [0.2, 0.25) is 0 Å². The summed E-state index contributed by atoms with van der Waals surface area (Å²) in [4.78, 5) is 0. The number of hydrogen-bond acceptors (Lipinski definition) is 0. The van der Waals surface area contributed by atoms with Crippen molar-refractivity contribution >= 4 is 0 Å². The molecule has 3 aromatic carbocycles. The first-order valence-electron chi connectivity index (χ1n) is 7.21. The van der Waals surface area contributed by atoms with E-state index < -0.39 is 0 Å². The molecule has 3 heteroatoms. The molecule has 0 aliphatic heterocycles. The van der Waals surface area contributed by atoms with Gasteiger partial charge in [-0.1, -0.05) is 6.92 Å². The maximum atomic E-state index is 3.56. The number of benzene rings is 3.